The fourth-order valence-corrected chi connectivity index (χ4v) is 3.51. The second-order valence-electron chi connectivity index (χ2n) is 6.55. The van der Waals surface area contributed by atoms with E-state index in [1.807, 2.05) is 18.2 Å². The van der Waals surface area contributed by atoms with E-state index in [0.29, 0.717) is 24.3 Å². The molecule has 0 amide bonds. The lowest BCUT2D eigenvalue weighted by Crippen LogP contribution is -2.29. The van der Waals surface area contributed by atoms with Crippen molar-refractivity contribution in [3.05, 3.63) is 65.2 Å². The van der Waals surface area contributed by atoms with Gasteiger partial charge in [-0.1, -0.05) is 17.3 Å². The summed E-state index contributed by atoms with van der Waals surface area (Å²) in [5, 5.41) is 4.15. The molecule has 3 aromatic rings. The van der Waals surface area contributed by atoms with Gasteiger partial charge >= 0.3 is 0 Å². The van der Waals surface area contributed by atoms with Gasteiger partial charge < -0.3 is 14.0 Å². The average Bonchev–Trinajstić information content (AvgIpc) is 3.11. The molecule has 2 heterocycles. The van der Waals surface area contributed by atoms with Crippen LogP contribution in [0.25, 0.3) is 11.3 Å². The Morgan fingerprint density at radius 1 is 1.15 bits per heavy atom. The van der Waals surface area contributed by atoms with Crippen molar-refractivity contribution in [1.82, 2.24) is 10.1 Å². The van der Waals surface area contributed by atoms with E-state index in [2.05, 4.69) is 10.1 Å². The molecule has 0 bridgehead atoms. The maximum absolute atomic E-state index is 14.2. The van der Waals surface area contributed by atoms with Gasteiger partial charge in [-0.3, -0.25) is 4.90 Å². The van der Waals surface area contributed by atoms with Crippen molar-refractivity contribution in [3.8, 4) is 22.8 Å². The number of rotatable bonds is 5. The lowest BCUT2D eigenvalue weighted by Gasteiger charge is -2.27. The number of methoxy groups -OCH3 is 2. The van der Waals surface area contributed by atoms with Crippen LogP contribution in [0.1, 0.15) is 16.9 Å². The lowest BCUT2D eigenvalue weighted by molar-refractivity contribution is 0.225. The van der Waals surface area contributed by atoms with Crippen molar-refractivity contribution in [2.45, 2.75) is 19.5 Å². The lowest BCUT2D eigenvalue weighted by atomic mass is 10.0. The van der Waals surface area contributed by atoms with Crippen molar-refractivity contribution >= 4 is 0 Å². The zero-order chi connectivity index (χ0) is 18.8. The van der Waals surface area contributed by atoms with Crippen molar-refractivity contribution < 1.29 is 18.4 Å². The largest absolute Gasteiger partial charge is 0.497 e. The van der Waals surface area contributed by atoms with Crippen LogP contribution in [0.4, 0.5) is 4.39 Å². The number of hydrogen-bond donors (Lipinski definition) is 0. The molecule has 1 aromatic heterocycles. The number of nitrogens with zero attached hydrogens (tertiary/aromatic N) is 2. The number of benzene rings is 2. The van der Waals surface area contributed by atoms with Gasteiger partial charge in [-0.2, -0.15) is 0 Å². The fraction of sp³-hybridized carbons (Fsp3) is 0.286. The molecule has 0 radical (unpaired) electrons. The van der Waals surface area contributed by atoms with E-state index in [4.69, 9.17) is 14.0 Å². The second-order valence-corrected chi connectivity index (χ2v) is 6.55. The summed E-state index contributed by atoms with van der Waals surface area (Å²) in [6, 6.07) is 12.4. The quantitative estimate of drug-likeness (QED) is 0.680. The van der Waals surface area contributed by atoms with Crippen molar-refractivity contribution in [3.63, 3.8) is 0 Å². The van der Waals surface area contributed by atoms with Crippen molar-refractivity contribution in [2.24, 2.45) is 0 Å². The third kappa shape index (κ3) is 3.40. The zero-order valence-electron chi connectivity index (χ0n) is 15.4. The first kappa shape index (κ1) is 17.5. The van der Waals surface area contributed by atoms with Crippen LogP contribution in [0.15, 0.2) is 47.0 Å². The maximum Gasteiger partial charge on any atom is 0.143 e. The molecule has 1 aliphatic rings. The highest BCUT2D eigenvalue weighted by atomic mass is 19.1. The van der Waals surface area contributed by atoms with E-state index in [1.54, 1.807) is 32.4 Å². The number of aromatic nitrogens is 1. The van der Waals surface area contributed by atoms with Crippen LogP contribution in [0.2, 0.25) is 0 Å². The van der Waals surface area contributed by atoms with Crippen molar-refractivity contribution in [2.75, 3.05) is 20.8 Å². The molecule has 4 rings (SSSR count). The Balaban J connectivity index is 1.61. The normalized spacial score (nSPS) is 14.0. The van der Waals surface area contributed by atoms with Gasteiger partial charge in [0.1, 0.15) is 28.8 Å². The van der Waals surface area contributed by atoms with Crippen LogP contribution < -0.4 is 9.47 Å². The number of ether oxygens (including phenoxy) is 2. The molecule has 0 unspecified atom stereocenters. The Labute approximate surface area is 157 Å². The van der Waals surface area contributed by atoms with Gasteiger partial charge in [-0.25, -0.2) is 4.39 Å². The molecule has 6 heteroatoms. The topological polar surface area (TPSA) is 47.7 Å². The average molecular weight is 368 g/mol. The van der Waals surface area contributed by atoms with E-state index in [0.717, 1.165) is 41.4 Å². The Hall–Kier alpha value is -2.86. The Morgan fingerprint density at radius 3 is 2.78 bits per heavy atom. The summed E-state index contributed by atoms with van der Waals surface area (Å²) >= 11 is 0. The summed E-state index contributed by atoms with van der Waals surface area (Å²) in [7, 11) is 3.31. The first-order valence-corrected chi connectivity index (χ1v) is 8.85. The van der Waals surface area contributed by atoms with Gasteiger partial charge in [0.15, 0.2) is 0 Å². The first-order chi connectivity index (χ1) is 13.2. The zero-order valence-corrected chi connectivity index (χ0v) is 15.4. The van der Waals surface area contributed by atoms with Gasteiger partial charge in [0.25, 0.3) is 0 Å². The molecule has 2 aromatic carbocycles. The third-order valence-corrected chi connectivity index (χ3v) is 4.92. The summed E-state index contributed by atoms with van der Waals surface area (Å²) in [5.74, 6) is 2.16. The molecule has 0 atom stereocenters. The summed E-state index contributed by atoms with van der Waals surface area (Å²) in [6.07, 6.45) is 0.739. The monoisotopic (exact) mass is 368 g/mol. The van der Waals surface area contributed by atoms with E-state index in [-0.39, 0.29) is 5.82 Å². The second kappa shape index (κ2) is 7.40. The SMILES string of the molecule is COc1ccc(OC)c(CN2CCc3onc(-c4ccccc4F)c3C2)c1. The number of fused-ring (bicyclic) bond motifs is 1. The van der Waals surface area contributed by atoms with E-state index in [9.17, 15) is 4.39 Å². The summed E-state index contributed by atoms with van der Waals surface area (Å²) in [5.41, 5.74) is 3.06. The smallest absolute Gasteiger partial charge is 0.143 e. The van der Waals surface area contributed by atoms with Gasteiger partial charge in [0.05, 0.1) is 14.2 Å². The fourth-order valence-electron chi connectivity index (χ4n) is 3.51. The predicted molar refractivity (Wildman–Crippen MR) is 99.3 cm³/mol. The molecular formula is C21H21FN2O3. The molecule has 140 valence electrons. The molecule has 0 spiro atoms. The predicted octanol–water partition coefficient (Wildman–Crippen LogP) is 4.06. The minimum Gasteiger partial charge on any atom is -0.497 e. The highest BCUT2D eigenvalue weighted by molar-refractivity contribution is 5.64. The van der Waals surface area contributed by atoms with Crippen molar-refractivity contribution in [1.29, 1.82) is 0 Å². The minimum absolute atomic E-state index is 0.291. The summed E-state index contributed by atoms with van der Waals surface area (Å²) in [6.45, 7) is 2.17. The van der Waals surface area contributed by atoms with Crippen LogP contribution in [0.3, 0.4) is 0 Å². The Morgan fingerprint density at radius 2 is 2.00 bits per heavy atom. The summed E-state index contributed by atoms with van der Waals surface area (Å²) in [4.78, 5) is 2.28. The highest BCUT2D eigenvalue weighted by Crippen LogP contribution is 2.33. The molecule has 0 fully saturated rings. The number of halogens is 1. The molecule has 27 heavy (non-hydrogen) atoms. The van der Waals surface area contributed by atoms with Gasteiger partial charge in [-0.15, -0.1) is 0 Å². The molecule has 0 saturated heterocycles. The summed E-state index contributed by atoms with van der Waals surface area (Å²) < 4.78 is 30.5. The number of hydrogen-bond acceptors (Lipinski definition) is 5. The van der Waals surface area contributed by atoms with Gasteiger partial charge in [-0.05, 0) is 30.3 Å². The van der Waals surface area contributed by atoms with Crippen LogP contribution >= 0.6 is 0 Å². The standard InChI is InChI=1S/C21H21FN2O3/c1-25-15-7-8-19(26-2)14(11-15)12-24-10-9-20-17(13-24)21(23-27-20)16-5-3-4-6-18(16)22/h3-8,11H,9-10,12-13H2,1-2H3. The minimum atomic E-state index is -0.291. The van der Waals surface area contributed by atoms with Gasteiger partial charge in [0, 0.05) is 42.7 Å². The Bertz CT molecular complexity index is 954. The third-order valence-electron chi connectivity index (χ3n) is 4.92. The van der Waals surface area contributed by atoms with Crippen LogP contribution in [0.5, 0.6) is 11.5 Å². The Kier molecular flexibility index (Phi) is 4.81. The highest BCUT2D eigenvalue weighted by Gasteiger charge is 2.26. The molecular weight excluding hydrogens is 347 g/mol. The van der Waals surface area contributed by atoms with E-state index in [1.165, 1.54) is 6.07 Å². The van der Waals surface area contributed by atoms with Crippen LogP contribution in [0, 0.1) is 5.82 Å². The van der Waals surface area contributed by atoms with Crippen LogP contribution in [-0.4, -0.2) is 30.8 Å². The molecule has 0 aliphatic carbocycles. The molecule has 0 N–H and O–H groups in total. The first-order valence-electron chi connectivity index (χ1n) is 8.85. The van der Waals surface area contributed by atoms with E-state index < -0.39 is 0 Å². The van der Waals surface area contributed by atoms with E-state index >= 15 is 0 Å². The molecule has 1 aliphatic heterocycles. The van der Waals surface area contributed by atoms with Crippen LogP contribution in [-0.2, 0) is 19.5 Å². The molecule has 5 nitrogen and oxygen atoms in total. The molecule has 0 saturated carbocycles. The van der Waals surface area contributed by atoms with Gasteiger partial charge in [0.2, 0.25) is 0 Å². The maximum atomic E-state index is 14.2.